The molecule has 0 saturated carbocycles. The van der Waals surface area contributed by atoms with Crippen LogP contribution < -0.4 is 5.32 Å². The summed E-state index contributed by atoms with van der Waals surface area (Å²) in [5.74, 6) is 0. The number of hydrogen-bond acceptors (Lipinski definition) is 6. The van der Waals surface area contributed by atoms with Gasteiger partial charge in [-0.25, -0.2) is 8.42 Å². The molecule has 0 unspecified atom stereocenters. The molecule has 0 radical (unpaired) electrons. The second kappa shape index (κ2) is 7.89. The predicted molar refractivity (Wildman–Crippen MR) is 108 cm³/mol. The third-order valence-electron chi connectivity index (χ3n) is 5.36. The lowest BCUT2D eigenvalue weighted by atomic mass is 9.72. The van der Waals surface area contributed by atoms with E-state index in [0.29, 0.717) is 19.8 Å². The number of ether oxygens (including phenoxy) is 1. The van der Waals surface area contributed by atoms with Gasteiger partial charge in [0.2, 0.25) is 0 Å². The second-order valence-electron chi connectivity index (χ2n) is 7.24. The molecule has 0 atom stereocenters. The van der Waals surface area contributed by atoms with Crippen LogP contribution in [0.5, 0.6) is 0 Å². The first-order valence-corrected chi connectivity index (χ1v) is 11.0. The van der Waals surface area contributed by atoms with E-state index in [2.05, 4.69) is 24.4 Å². The maximum absolute atomic E-state index is 12.0. The molecule has 1 aliphatic heterocycles. The molecule has 1 saturated heterocycles. The van der Waals surface area contributed by atoms with E-state index in [9.17, 15) is 18.5 Å². The lowest BCUT2D eigenvalue weighted by molar-refractivity contribution is -0.386. The number of hydrogen-bond donors (Lipinski definition) is 1. The van der Waals surface area contributed by atoms with Crippen molar-refractivity contribution in [3.05, 3.63) is 63.7 Å². The fraction of sp³-hybridized carbons (Fsp3) is 0.400. The number of anilines is 1. The zero-order valence-corrected chi connectivity index (χ0v) is 16.8. The van der Waals surface area contributed by atoms with Gasteiger partial charge in [0, 0.05) is 31.4 Å². The Labute approximate surface area is 164 Å². The Balaban J connectivity index is 1.99. The van der Waals surface area contributed by atoms with Crippen molar-refractivity contribution in [3.8, 4) is 0 Å². The molecular weight excluding hydrogens is 380 g/mol. The van der Waals surface area contributed by atoms with E-state index in [1.54, 1.807) is 6.07 Å². The number of nitrogens with zero attached hydrogens (tertiary/aromatic N) is 1. The standard InChI is InChI=1S/C20H24N2O5S/c1-15-6-3-4-7-16(15)20(10-12-27-13-11-20)14-21-17-8-5-9-18(28(2,25)26)19(17)22(23)24/h3-9,21H,10-14H2,1-2H3. The first kappa shape index (κ1) is 20.3. The molecule has 2 aromatic rings. The largest absolute Gasteiger partial charge is 0.381 e. The highest BCUT2D eigenvalue weighted by Crippen LogP contribution is 2.38. The Kier molecular flexibility index (Phi) is 5.71. The maximum atomic E-state index is 12.0. The van der Waals surface area contributed by atoms with Gasteiger partial charge in [-0.2, -0.15) is 0 Å². The molecule has 0 spiro atoms. The number of sulfone groups is 1. The summed E-state index contributed by atoms with van der Waals surface area (Å²) in [6.45, 7) is 3.73. The van der Waals surface area contributed by atoms with Crippen LogP contribution >= 0.6 is 0 Å². The van der Waals surface area contributed by atoms with Crippen LogP contribution in [-0.4, -0.2) is 39.4 Å². The van der Waals surface area contributed by atoms with Gasteiger partial charge >= 0.3 is 5.69 Å². The highest BCUT2D eigenvalue weighted by molar-refractivity contribution is 7.90. The van der Waals surface area contributed by atoms with Crippen molar-refractivity contribution in [3.63, 3.8) is 0 Å². The number of rotatable bonds is 6. The number of para-hydroxylation sites is 1. The van der Waals surface area contributed by atoms with Crippen molar-refractivity contribution in [1.82, 2.24) is 0 Å². The molecular formula is C20H24N2O5S. The highest BCUT2D eigenvalue weighted by atomic mass is 32.2. The van der Waals surface area contributed by atoms with E-state index < -0.39 is 20.4 Å². The average molecular weight is 404 g/mol. The zero-order chi connectivity index (χ0) is 20.4. The van der Waals surface area contributed by atoms with Crippen LogP contribution in [0.4, 0.5) is 11.4 Å². The smallest absolute Gasteiger partial charge is 0.310 e. The molecule has 1 heterocycles. The van der Waals surface area contributed by atoms with Crippen LogP contribution in [-0.2, 0) is 20.0 Å². The van der Waals surface area contributed by atoms with Crippen LogP contribution in [0.3, 0.4) is 0 Å². The Morgan fingerprint density at radius 1 is 1.14 bits per heavy atom. The lowest BCUT2D eigenvalue weighted by Gasteiger charge is -2.39. The molecule has 3 rings (SSSR count). The van der Waals surface area contributed by atoms with Crippen LogP contribution in [0, 0.1) is 17.0 Å². The average Bonchev–Trinajstić information content (AvgIpc) is 2.66. The minimum Gasteiger partial charge on any atom is -0.381 e. The van der Waals surface area contributed by atoms with E-state index in [4.69, 9.17) is 4.74 Å². The quantitative estimate of drug-likeness (QED) is 0.585. The van der Waals surface area contributed by atoms with E-state index >= 15 is 0 Å². The third-order valence-corrected chi connectivity index (χ3v) is 6.49. The Morgan fingerprint density at radius 2 is 1.82 bits per heavy atom. The van der Waals surface area contributed by atoms with E-state index in [1.807, 2.05) is 12.1 Å². The summed E-state index contributed by atoms with van der Waals surface area (Å²) in [6.07, 6.45) is 2.54. The Hall–Kier alpha value is -2.45. The number of aryl methyl sites for hydroxylation is 1. The van der Waals surface area contributed by atoms with Gasteiger partial charge < -0.3 is 10.1 Å². The number of nitrogens with one attached hydrogen (secondary N) is 1. The molecule has 1 aliphatic rings. The van der Waals surface area contributed by atoms with Crippen molar-refractivity contribution in [2.24, 2.45) is 0 Å². The molecule has 1 fully saturated rings. The summed E-state index contributed by atoms with van der Waals surface area (Å²) in [5.41, 5.74) is 1.92. The molecule has 7 nitrogen and oxygen atoms in total. The molecule has 2 aromatic carbocycles. The lowest BCUT2D eigenvalue weighted by Crippen LogP contribution is -2.40. The zero-order valence-electron chi connectivity index (χ0n) is 16.0. The summed E-state index contributed by atoms with van der Waals surface area (Å²) >= 11 is 0. The topological polar surface area (TPSA) is 98.5 Å². The number of nitro benzene ring substituents is 1. The maximum Gasteiger partial charge on any atom is 0.310 e. The summed E-state index contributed by atoms with van der Waals surface area (Å²) in [6, 6.07) is 12.5. The van der Waals surface area contributed by atoms with Gasteiger partial charge in [-0.3, -0.25) is 10.1 Å². The monoisotopic (exact) mass is 404 g/mol. The van der Waals surface area contributed by atoms with Gasteiger partial charge in [-0.1, -0.05) is 30.3 Å². The first-order chi connectivity index (χ1) is 13.2. The predicted octanol–water partition coefficient (Wildman–Crippen LogP) is 3.47. The molecule has 0 aliphatic carbocycles. The number of benzene rings is 2. The van der Waals surface area contributed by atoms with Crippen molar-refractivity contribution in [1.29, 1.82) is 0 Å². The first-order valence-electron chi connectivity index (χ1n) is 9.10. The van der Waals surface area contributed by atoms with Crippen LogP contribution in [0.25, 0.3) is 0 Å². The summed E-state index contributed by atoms with van der Waals surface area (Å²) < 4.78 is 29.5. The van der Waals surface area contributed by atoms with Gasteiger partial charge in [0.1, 0.15) is 10.6 Å². The van der Waals surface area contributed by atoms with Gasteiger partial charge in [-0.15, -0.1) is 0 Å². The van der Waals surface area contributed by atoms with E-state index in [0.717, 1.165) is 24.7 Å². The highest BCUT2D eigenvalue weighted by Gasteiger charge is 2.36. The van der Waals surface area contributed by atoms with Gasteiger partial charge in [0.05, 0.1) is 4.92 Å². The molecule has 28 heavy (non-hydrogen) atoms. The normalized spacial score (nSPS) is 16.5. The molecule has 0 bridgehead atoms. The Morgan fingerprint density at radius 3 is 2.43 bits per heavy atom. The summed E-state index contributed by atoms with van der Waals surface area (Å²) in [5, 5.41) is 14.8. The van der Waals surface area contributed by atoms with E-state index in [-0.39, 0.29) is 16.0 Å². The molecule has 8 heteroatoms. The Bertz CT molecular complexity index is 982. The van der Waals surface area contributed by atoms with Gasteiger partial charge in [0.25, 0.3) is 0 Å². The van der Waals surface area contributed by atoms with Crippen LogP contribution in [0.15, 0.2) is 47.4 Å². The van der Waals surface area contributed by atoms with Gasteiger partial charge in [0.15, 0.2) is 9.84 Å². The van der Waals surface area contributed by atoms with Crippen LogP contribution in [0.2, 0.25) is 0 Å². The summed E-state index contributed by atoms with van der Waals surface area (Å²) in [7, 11) is -3.72. The van der Waals surface area contributed by atoms with Crippen molar-refractivity contribution in [2.45, 2.75) is 30.1 Å². The van der Waals surface area contributed by atoms with Crippen molar-refractivity contribution in [2.75, 3.05) is 31.3 Å². The molecule has 1 N–H and O–H groups in total. The SMILES string of the molecule is Cc1ccccc1C1(CNc2cccc(S(C)(=O)=O)c2[N+](=O)[O-])CCOCC1. The fourth-order valence-electron chi connectivity index (χ4n) is 3.89. The molecule has 0 amide bonds. The number of nitro groups is 1. The molecule has 150 valence electrons. The minimum absolute atomic E-state index is 0.215. The molecule has 0 aromatic heterocycles. The minimum atomic E-state index is -3.72. The fourth-order valence-corrected chi connectivity index (χ4v) is 4.75. The van der Waals surface area contributed by atoms with Crippen molar-refractivity contribution >= 4 is 21.2 Å². The van der Waals surface area contributed by atoms with Crippen molar-refractivity contribution < 1.29 is 18.1 Å². The van der Waals surface area contributed by atoms with E-state index in [1.165, 1.54) is 17.7 Å². The second-order valence-corrected chi connectivity index (χ2v) is 9.23. The summed E-state index contributed by atoms with van der Waals surface area (Å²) in [4.78, 5) is 10.7. The van der Waals surface area contributed by atoms with Crippen LogP contribution in [0.1, 0.15) is 24.0 Å². The van der Waals surface area contributed by atoms with Gasteiger partial charge in [-0.05, 0) is 43.0 Å². The third kappa shape index (κ3) is 4.02.